The molecule has 0 spiro atoms. The summed E-state index contributed by atoms with van der Waals surface area (Å²) in [6.45, 7) is 2.92. The second-order valence-corrected chi connectivity index (χ2v) is 7.67. The highest BCUT2D eigenvalue weighted by atomic mass is 16.2. The Balaban J connectivity index is 1.45. The quantitative estimate of drug-likeness (QED) is 0.924. The van der Waals surface area contributed by atoms with Crippen LogP contribution in [0, 0.1) is 5.92 Å². The van der Waals surface area contributed by atoms with Gasteiger partial charge in [0.2, 0.25) is 0 Å². The lowest BCUT2D eigenvalue weighted by Crippen LogP contribution is -2.41. The zero-order valence-corrected chi connectivity index (χ0v) is 14.5. The number of hydrogen-bond acceptors (Lipinski definition) is 4. The number of rotatable bonds is 3. The van der Waals surface area contributed by atoms with Crippen molar-refractivity contribution in [3.05, 3.63) is 11.9 Å². The van der Waals surface area contributed by atoms with Gasteiger partial charge in [-0.05, 0) is 57.5 Å². The van der Waals surface area contributed by atoms with E-state index >= 15 is 0 Å². The molecule has 1 N–H and O–H groups in total. The summed E-state index contributed by atoms with van der Waals surface area (Å²) in [6.07, 6.45) is 12.9. The van der Waals surface area contributed by atoms with Crippen LogP contribution in [0.3, 0.4) is 0 Å². The third-order valence-electron chi connectivity index (χ3n) is 6.17. The fraction of sp³-hybridized carbons (Fsp3) is 0.833. The van der Waals surface area contributed by atoms with Gasteiger partial charge in [0.05, 0.1) is 12.2 Å². The molecule has 132 valence electrons. The summed E-state index contributed by atoms with van der Waals surface area (Å²) in [7, 11) is 0. The molecule has 1 saturated carbocycles. The number of aromatic nitrogens is 3. The van der Waals surface area contributed by atoms with Gasteiger partial charge in [0.25, 0.3) is 5.91 Å². The zero-order chi connectivity index (χ0) is 16.4. The number of hydrogen-bond donors (Lipinski definition) is 1. The van der Waals surface area contributed by atoms with Gasteiger partial charge in [0, 0.05) is 12.6 Å². The Morgan fingerprint density at radius 2 is 1.83 bits per heavy atom. The van der Waals surface area contributed by atoms with Crippen molar-refractivity contribution in [3.63, 3.8) is 0 Å². The monoisotopic (exact) mass is 331 g/mol. The molecule has 1 unspecified atom stereocenters. The van der Waals surface area contributed by atoms with Gasteiger partial charge in [-0.25, -0.2) is 4.68 Å². The van der Waals surface area contributed by atoms with Gasteiger partial charge in [-0.2, -0.15) is 0 Å². The highest BCUT2D eigenvalue weighted by molar-refractivity contribution is 5.92. The molecule has 2 aliphatic heterocycles. The van der Waals surface area contributed by atoms with Gasteiger partial charge < -0.3 is 10.2 Å². The van der Waals surface area contributed by atoms with E-state index in [0.717, 1.165) is 38.9 Å². The minimum atomic E-state index is 0.100. The molecule has 6 nitrogen and oxygen atoms in total. The summed E-state index contributed by atoms with van der Waals surface area (Å²) in [5.74, 6) is 0.799. The molecule has 0 radical (unpaired) electrons. The summed E-state index contributed by atoms with van der Waals surface area (Å²) < 4.78 is 1.92. The number of nitrogens with one attached hydrogen (secondary N) is 1. The molecule has 24 heavy (non-hydrogen) atoms. The van der Waals surface area contributed by atoms with E-state index < -0.39 is 0 Å². The normalized spacial score (nSPS) is 26.8. The second-order valence-electron chi connectivity index (χ2n) is 7.67. The number of nitrogens with zero attached hydrogens (tertiary/aromatic N) is 4. The average Bonchev–Trinajstić information content (AvgIpc) is 3.32. The summed E-state index contributed by atoms with van der Waals surface area (Å²) >= 11 is 0. The van der Waals surface area contributed by atoms with Crippen LogP contribution in [0.1, 0.15) is 74.3 Å². The number of piperidine rings is 1. The summed E-state index contributed by atoms with van der Waals surface area (Å²) in [4.78, 5) is 15.1. The Labute approximate surface area is 144 Å². The maximum Gasteiger partial charge on any atom is 0.276 e. The van der Waals surface area contributed by atoms with Crippen molar-refractivity contribution in [2.75, 3.05) is 19.6 Å². The summed E-state index contributed by atoms with van der Waals surface area (Å²) in [5, 5.41) is 11.8. The highest BCUT2D eigenvalue weighted by Crippen LogP contribution is 2.34. The van der Waals surface area contributed by atoms with Crippen LogP contribution in [-0.2, 0) is 0 Å². The van der Waals surface area contributed by atoms with Crippen LogP contribution in [0.2, 0.25) is 0 Å². The van der Waals surface area contributed by atoms with E-state index in [2.05, 4.69) is 20.5 Å². The zero-order valence-electron chi connectivity index (χ0n) is 14.5. The first kappa shape index (κ1) is 16.1. The van der Waals surface area contributed by atoms with E-state index in [9.17, 15) is 4.79 Å². The Kier molecular flexibility index (Phi) is 4.83. The van der Waals surface area contributed by atoms with Crippen LogP contribution in [0.5, 0.6) is 0 Å². The lowest BCUT2D eigenvalue weighted by molar-refractivity contribution is 0.0655. The molecule has 1 atom stereocenters. The number of carbonyl (C=O) groups is 1. The first-order valence-electron chi connectivity index (χ1n) is 9.76. The van der Waals surface area contributed by atoms with E-state index in [0.29, 0.717) is 23.7 Å². The third kappa shape index (κ3) is 3.21. The van der Waals surface area contributed by atoms with Gasteiger partial charge in [-0.15, -0.1) is 5.10 Å². The largest absolute Gasteiger partial charge is 0.334 e. The van der Waals surface area contributed by atoms with Crippen LogP contribution in [0.15, 0.2) is 6.20 Å². The fourth-order valence-electron chi connectivity index (χ4n) is 4.83. The molecule has 3 heterocycles. The Bertz CT molecular complexity index is 560. The molecule has 1 aliphatic carbocycles. The first-order chi connectivity index (χ1) is 11.8. The van der Waals surface area contributed by atoms with Crippen LogP contribution in [-0.4, -0.2) is 51.5 Å². The molecule has 0 bridgehead atoms. The Morgan fingerprint density at radius 3 is 2.62 bits per heavy atom. The molecule has 1 amide bonds. The van der Waals surface area contributed by atoms with Crippen molar-refractivity contribution < 1.29 is 4.79 Å². The minimum Gasteiger partial charge on any atom is -0.334 e. The number of carbonyl (C=O) groups excluding carboxylic acids is 1. The molecule has 6 heteroatoms. The van der Waals surface area contributed by atoms with Crippen molar-refractivity contribution in [2.24, 2.45) is 5.92 Å². The lowest BCUT2D eigenvalue weighted by atomic mass is 9.83. The highest BCUT2D eigenvalue weighted by Gasteiger charge is 2.36. The minimum absolute atomic E-state index is 0.100. The maximum atomic E-state index is 13.0. The van der Waals surface area contributed by atoms with E-state index in [4.69, 9.17) is 0 Å². The van der Waals surface area contributed by atoms with Crippen LogP contribution in [0.4, 0.5) is 0 Å². The number of amides is 1. The van der Waals surface area contributed by atoms with E-state index in [1.54, 1.807) is 0 Å². The SMILES string of the molecule is O=C(c1cn(C2CCNCC2)nn1)N1CCCC1C1CCCCC1. The van der Waals surface area contributed by atoms with Gasteiger partial charge in [0.1, 0.15) is 0 Å². The van der Waals surface area contributed by atoms with Crippen LogP contribution in [0.25, 0.3) is 0 Å². The predicted molar refractivity (Wildman–Crippen MR) is 91.8 cm³/mol. The van der Waals surface area contributed by atoms with E-state index in [-0.39, 0.29) is 5.91 Å². The topological polar surface area (TPSA) is 63.1 Å². The third-order valence-corrected chi connectivity index (χ3v) is 6.17. The van der Waals surface area contributed by atoms with Crippen molar-refractivity contribution in [1.82, 2.24) is 25.2 Å². The molecule has 1 aromatic rings. The van der Waals surface area contributed by atoms with Crippen LogP contribution < -0.4 is 5.32 Å². The fourth-order valence-corrected chi connectivity index (χ4v) is 4.83. The van der Waals surface area contributed by atoms with Crippen molar-refractivity contribution in [2.45, 2.75) is 69.9 Å². The first-order valence-corrected chi connectivity index (χ1v) is 9.76. The number of likely N-dealkylation sites (tertiary alicyclic amines) is 1. The predicted octanol–water partition coefficient (Wildman–Crippen LogP) is 2.39. The Morgan fingerprint density at radius 1 is 1.04 bits per heavy atom. The average molecular weight is 331 g/mol. The van der Waals surface area contributed by atoms with Crippen molar-refractivity contribution >= 4 is 5.91 Å². The molecular weight excluding hydrogens is 302 g/mol. The lowest BCUT2D eigenvalue weighted by Gasteiger charge is -2.33. The summed E-state index contributed by atoms with van der Waals surface area (Å²) in [6, 6.07) is 0.815. The van der Waals surface area contributed by atoms with Gasteiger partial charge in [-0.1, -0.05) is 24.5 Å². The van der Waals surface area contributed by atoms with Crippen LogP contribution >= 0.6 is 0 Å². The van der Waals surface area contributed by atoms with Crippen molar-refractivity contribution in [1.29, 1.82) is 0 Å². The molecule has 1 aromatic heterocycles. The maximum absolute atomic E-state index is 13.0. The van der Waals surface area contributed by atoms with E-state index in [1.807, 2.05) is 10.9 Å². The van der Waals surface area contributed by atoms with Crippen molar-refractivity contribution in [3.8, 4) is 0 Å². The second kappa shape index (κ2) is 7.21. The van der Waals surface area contributed by atoms with Gasteiger partial charge >= 0.3 is 0 Å². The molecular formula is C18H29N5O. The Hall–Kier alpha value is -1.43. The van der Waals surface area contributed by atoms with Gasteiger partial charge in [0.15, 0.2) is 5.69 Å². The molecule has 0 aromatic carbocycles. The van der Waals surface area contributed by atoms with Gasteiger partial charge in [-0.3, -0.25) is 4.79 Å². The smallest absolute Gasteiger partial charge is 0.276 e. The molecule has 4 rings (SSSR count). The van der Waals surface area contributed by atoms with E-state index in [1.165, 1.54) is 38.5 Å². The summed E-state index contributed by atoms with van der Waals surface area (Å²) in [5.41, 5.74) is 0.538. The molecule has 2 saturated heterocycles. The molecule has 3 aliphatic rings. The standard InChI is InChI=1S/C18H29N5O/c24-18(16-13-23(21-20-16)15-8-10-19-11-9-15)22-12-4-7-17(22)14-5-2-1-3-6-14/h13-15,17,19H,1-12H2. The molecule has 3 fully saturated rings.